The second-order valence-corrected chi connectivity index (χ2v) is 11.1. The lowest BCUT2D eigenvalue weighted by Gasteiger charge is -2.17. The van der Waals surface area contributed by atoms with Gasteiger partial charge in [0.05, 0.1) is 32.3 Å². The Morgan fingerprint density at radius 3 is 2.07 bits per heavy atom. The number of aromatic hydroxyl groups is 1. The van der Waals surface area contributed by atoms with E-state index < -0.39 is 0 Å². The quantitative estimate of drug-likeness (QED) is 0.182. The monoisotopic (exact) mass is 631 g/mol. The Labute approximate surface area is 267 Å². The first-order valence-corrected chi connectivity index (χ1v) is 14.7. The van der Waals surface area contributed by atoms with Crippen LogP contribution < -0.4 is 10.9 Å². The summed E-state index contributed by atoms with van der Waals surface area (Å²) < 4.78 is 7.52. The van der Waals surface area contributed by atoms with Crippen LogP contribution >= 0.6 is 23.2 Å². The third kappa shape index (κ3) is 5.64. The Kier molecular flexibility index (Phi) is 7.51. The predicted molar refractivity (Wildman–Crippen MR) is 177 cm³/mol. The van der Waals surface area contributed by atoms with E-state index in [0.29, 0.717) is 67.5 Å². The van der Waals surface area contributed by atoms with Crippen LogP contribution in [0, 0.1) is 0 Å². The summed E-state index contributed by atoms with van der Waals surface area (Å²) in [5, 5.41) is 22.8. The summed E-state index contributed by atoms with van der Waals surface area (Å²) in [6.07, 6.45) is 0.340. The van der Waals surface area contributed by atoms with Gasteiger partial charge in [-0.15, -0.1) is 10.2 Å². The molecule has 8 nitrogen and oxygen atoms in total. The second-order valence-electron chi connectivity index (χ2n) is 10.2. The van der Waals surface area contributed by atoms with Crippen molar-refractivity contribution in [3.63, 3.8) is 0 Å². The molecule has 0 saturated heterocycles. The van der Waals surface area contributed by atoms with Crippen LogP contribution in [0.2, 0.25) is 10.0 Å². The lowest BCUT2D eigenvalue weighted by molar-refractivity contribution is 0.475. The Bertz CT molecular complexity index is 2210. The molecule has 0 atom stereocenters. The smallest absolute Gasteiger partial charge is 0.265 e. The molecule has 0 saturated carbocycles. The molecule has 0 amide bonds. The van der Waals surface area contributed by atoms with Gasteiger partial charge < -0.3 is 14.8 Å². The fraction of sp³-hybridized carbons (Fsp3) is 0.0286. The number of halogens is 2. The van der Waals surface area contributed by atoms with Gasteiger partial charge in [-0.25, -0.2) is 4.98 Å². The number of hydrogen-bond donors (Lipinski definition) is 2. The number of fused-ring (bicyclic) bond motifs is 1. The highest BCUT2D eigenvalue weighted by Gasteiger charge is 2.17. The van der Waals surface area contributed by atoms with Crippen LogP contribution in [0.25, 0.3) is 39.5 Å². The van der Waals surface area contributed by atoms with Crippen molar-refractivity contribution in [2.45, 2.75) is 6.42 Å². The molecule has 0 spiro atoms. The highest BCUT2D eigenvalue weighted by Crippen LogP contribution is 2.34. The molecule has 220 valence electrons. The highest BCUT2D eigenvalue weighted by atomic mass is 35.5. The predicted octanol–water partition coefficient (Wildman–Crippen LogP) is 8.45. The van der Waals surface area contributed by atoms with E-state index in [0.717, 1.165) is 11.3 Å². The number of hydrogen-bond acceptors (Lipinski definition) is 7. The van der Waals surface area contributed by atoms with Crippen molar-refractivity contribution >= 4 is 45.5 Å². The maximum Gasteiger partial charge on any atom is 0.265 e. The van der Waals surface area contributed by atoms with E-state index in [9.17, 15) is 9.90 Å². The van der Waals surface area contributed by atoms with Crippen molar-refractivity contribution in [2.24, 2.45) is 0 Å². The van der Waals surface area contributed by atoms with Crippen LogP contribution in [-0.2, 0) is 6.42 Å². The maximum atomic E-state index is 14.0. The number of phenolic OH excluding ortho intramolecular Hbond substituents is 1. The third-order valence-corrected chi connectivity index (χ3v) is 7.98. The summed E-state index contributed by atoms with van der Waals surface area (Å²) in [6.45, 7) is 0. The Morgan fingerprint density at radius 2 is 1.36 bits per heavy atom. The SMILES string of the molecule is O=c1c2ccccc2nc(Cc2ccccc2Nc2c(Cl)cccc2Cl)n1-c1ccc(-c2nnc(-c3ccc(O)cc3)o2)cc1. The van der Waals surface area contributed by atoms with Gasteiger partial charge in [0.25, 0.3) is 5.56 Å². The lowest BCUT2D eigenvalue weighted by Crippen LogP contribution is -2.24. The van der Waals surface area contributed by atoms with Crippen LogP contribution in [0.5, 0.6) is 5.75 Å². The number of aromatic nitrogens is 4. The molecule has 10 heteroatoms. The van der Waals surface area contributed by atoms with E-state index in [1.54, 1.807) is 53.1 Å². The van der Waals surface area contributed by atoms with Crippen LogP contribution in [0.4, 0.5) is 11.4 Å². The topological polar surface area (TPSA) is 106 Å². The number of phenols is 1. The number of rotatable bonds is 7. The van der Waals surface area contributed by atoms with Gasteiger partial charge in [0, 0.05) is 23.2 Å². The minimum atomic E-state index is -0.185. The molecule has 45 heavy (non-hydrogen) atoms. The van der Waals surface area contributed by atoms with Gasteiger partial charge in [-0.3, -0.25) is 9.36 Å². The number of para-hydroxylation sites is 3. The summed E-state index contributed by atoms with van der Waals surface area (Å²) in [6, 6.07) is 34.2. The van der Waals surface area contributed by atoms with Crippen molar-refractivity contribution < 1.29 is 9.52 Å². The van der Waals surface area contributed by atoms with Crippen LogP contribution in [0.15, 0.2) is 124 Å². The molecule has 2 aromatic heterocycles. The third-order valence-electron chi connectivity index (χ3n) is 7.35. The number of nitrogens with zero attached hydrogens (tertiary/aromatic N) is 4. The molecule has 2 heterocycles. The zero-order valence-corrected chi connectivity index (χ0v) is 25.0. The van der Waals surface area contributed by atoms with Gasteiger partial charge >= 0.3 is 0 Å². The summed E-state index contributed by atoms with van der Waals surface area (Å²) in [7, 11) is 0. The van der Waals surface area contributed by atoms with Gasteiger partial charge in [-0.1, -0.05) is 59.6 Å². The molecule has 0 fully saturated rings. The summed E-state index contributed by atoms with van der Waals surface area (Å²) >= 11 is 12.9. The standard InChI is InChI=1S/C35H23Cl2N5O3/c36-27-8-5-9-28(37)32(27)39-29-10-3-1-6-23(29)20-31-38-30-11-4-2-7-26(30)35(44)42(31)24-16-12-21(13-17-24)33-40-41-34(45-33)22-14-18-25(43)19-15-22/h1-19,39,43H,20H2. The normalized spacial score (nSPS) is 11.2. The molecule has 7 aromatic rings. The zero-order chi connectivity index (χ0) is 30.9. The Hall–Kier alpha value is -5.44. The highest BCUT2D eigenvalue weighted by molar-refractivity contribution is 6.39. The first-order valence-electron chi connectivity index (χ1n) is 14.0. The molecular formula is C35H23Cl2N5O3. The van der Waals surface area contributed by atoms with E-state index in [1.165, 1.54) is 0 Å². The lowest BCUT2D eigenvalue weighted by atomic mass is 10.1. The van der Waals surface area contributed by atoms with E-state index >= 15 is 0 Å². The van der Waals surface area contributed by atoms with Crippen molar-refractivity contribution in [2.75, 3.05) is 5.32 Å². The van der Waals surface area contributed by atoms with Crippen LogP contribution in [0.1, 0.15) is 11.4 Å². The molecule has 0 bridgehead atoms. The van der Waals surface area contributed by atoms with Gasteiger partial charge in [-0.2, -0.15) is 0 Å². The molecule has 0 aliphatic carbocycles. The fourth-order valence-corrected chi connectivity index (χ4v) is 5.59. The molecule has 0 aliphatic heterocycles. The van der Waals surface area contributed by atoms with Crippen molar-refractivity contribution in [3.8, 4) is 34.3 Å². The first kappa shape index (κ1) is 28.3. The van der Waals surface area contributed by atoms with Crippen LogP contribution in [-0.4, -0.2) is 24.9 Å². The molecule has 2 N–H and O–H groups in total. The molecule has 0 unspecified atom stereocenters. The van der Waals surface area contributed by atoms with Crippen LogP contribution in [0.3, 0.4) is 0 Å². The average molecular weight is 633 g/mol. The molecule has 5 aromatic carbocycles. The minimum absolute atomic E-state index is 0.150. The fourth-order valence-electron chi connectivity index (χ4n) is 5.10. The zero-order valence-electron chi connectivity index (χ0n) is 23.5. The van der Waals surface area contributed by atoms with Gasteiger partial charge in [0.15, 0.2) is 0 Å². The number of nitrogens with one attached hydrogen (secondary N) is 1. The second kappa shape index (κ2) is 11.9. The first-order chi connectivity index (χ1) is 21.9. The van der Waals surface area contributed by atoms with E-state index in [-0.39, 0.29) is 11.3 Å². The molecule has 7 rings (SSSR count). The molecule has 0 radical (unpaired) electrons. The maximum absolute atomic E-state index is 14.0. The van der Waals surface area contributed by atoms with E-state index in [4.69, 9.17) is 32.6 Å². The van der Waals surface area contributed by atoms with Gasteiger partial charge in [0.1, 0.15) is 11.6 Å². The summed E-state index contributed by atoms with van der Waals surface area (Å²) in [4.78, 5) is 18.9. The average Bonchev–Trinajstić information content (AvgIpc) is 3.55. The molecule has 0 aliphatic rings. The summed E-state index contributed by atoms with van der Waals surface area (Å²) in [5.41, 5.74) is 4.72. The number of anilines is 2. The van der Waals surface area contributed by atoms with Crippen molar-refractivity contribution in [1.29, 1.82) is 0 Å². The van der Waals surface area contributed by atoms with E-state index in [1.807, 2.05) is 66.7 Å². The van der Waals surface area contributed by atoms with Crippen molar-refractivity contribution in [1.82, 2.24) is 19.7 Å². The molecular weight excluding hydrogens is 609 g/mol. The Balaban J connectivity index is 1.27. The van der Waals surface area contributed by atoms with Gasteiger partial charge in [0.2, 0.25) is 11.8 Å². The van der Waals surface area contributed by atoms with Crippen molar-refractivity contribution in [3.05, 3.63) is 147 Å². The van der Waals surface area contributed by atoms with E-state index in [2.05, 4.69) is 15.5 Å². The largest absolute Gasteiger partial charge is 0.508 e. The minimum Gasteiger partial charge on any atom is -0.508 e. The number of benzene rings is 5. The summed E-state index contributed by atoms with van der Waals surface area (Å²) in [5.74, 6) is 1.36. The Morgan fingerprint density at radius 1 is 0.733 bits per heavy atom. The van der Waals surface area contributed by atoms with Gasteiger partial charge in [-0.05, 0) is 84.4 Å².